The Kier molecular flexibility index (Phi) is 4.27. The van der Waals surface area contributed by atoms with E-state index in [-0.39, 0.29) is 11.8 Å². The molecule has 0 aliphatic carbocycles. The van der Waals surface area contributed by atoms with Crippen molar-refractivity contribution in [2.24, 2.45) is 10.9 Å². The molecule has 0 spiro atoms. The highest BCUT2D eigenvalue weighted by Gasteiger charge is 2.21. The lowest BCUT2D eigenvalue weighted by Gasteiger charge is -2.04. The zero-order chi connectivity index (χ0) is 15.9. The van der Waals surface area contributed by atoms with Gasteiger partial charge in [-0.3, -0.25) is 4.79 Å². The predicted octanol–water partition coefficient (Wildman–Crippen LogP) is 1.46. The number of hydrogen-bond donors (Lipinski definition) is 2. The van der Waals surface area contributed by atoms with E-state index in [2.05, 4.69) is 53.3 Å². The molecule has 1 fully saturated rings. The molecule has 3 atom stereocenters. The van der Waals surface area contributed by atoms with Crippen molar-refractivity contribution in [2.75, 3.05) is 13.1 Å². The molecular formula is C16H19N3OP2. The average molecular weight is 331 g/mol. The van der Waals surface area contributed by atoms with Crippen molar-refractivity contribution in [1.82, 2.24) is 10.3 Å². The van der Waals surface area contributed by atoms with Gasteiger partial charge in [0.2, 0.25) is 0 Å². The van der Waals surface area contributed by atoms with E-state index in [0.29, 0.717) is 12.2 Å². The molecule has 2 heterocycles. The van der Waals surface area contributed by atoms with Crippen molar-refractivity contribution >= 4 is 51.6 Å². The molecule has 0 bridgehead atoms. The second kappa shape index (κ2) is 6.04. The topological polar surface area (TPSA) is 57.2 Å². The molecule has 1 aliphatic heterocycles. The van der Waals surface area contributed by atoms with Gasteiger partial charge in [-0.15, -0.1) is 25.1 Å². The molecule has 3 unspecified atom stereocenters. The third-order valence-corrected chi connectivity index (χ3v) is 5.76. The number of carbonyl (C=O) groups is 1. The molecule has 22 heavy (non-hydrogen) atoms. The molecule has 2 N–H and O–H groups in total. The van der Waals surface area contributed by atoms with Gasteiger partial charge in [-0.05, 0) is 29.9 Å². The van der Waals surface area contributed by atoms with Crippen LogP contribution >= 0.6 is 18.5 Å². The summed E-state index contributed by atoms with van der Waals surface area (Å²) >= 11 is 0. The van der Waals surface area contributed by atoms with Crippen molar-refractivity contribution in [1.29, 1.82) is 0 Å². The predicted molar refractivity (Wildman–Crippen MR) is 100 cm³/mol. The largest absolute Gasteiger partial charge is 0.350 e. The maximum atomic E-state index is 12.4. The first-order valence-corrected chi connectivity index (χ1v) is 8.29. The number of aliphatic imine (C=N–C) groups is 1. The van der Waals surface area contributed by atoms with E-state index >= 15 is 0 Å². The van der Waals surface area contributed by atoms with E-state index in [0.717, 1.165) is 33.8 Å². The van der Waals surface area contributed by atoms with Crippen molar-refractivity contribution in [2.45, 2.75) is 6.92 Å². The van der Waals surface area contributed by atoms with Crippen LogP contribution in [-0.2, 0) is 0 Å². The molecule has 1 aromatic carbocycles. The van der Waals surface area contributed by atoms with E-state index < -0.39 is 0 Å². The molecule has 1 saturated heterocycles. The Hall–Kier alpha value is -1.34. The molecule has 1 amide bonds. The number of carbonyl (C=O) groups excluding carboxylic acids is 1. The van der Waals surface area contributed by atoms with Crippen LogP contribution in [0.5, 0.6) is 0 Å². The van der Waals surface area contributed by atoms with Crippen LogP contribution in [0.1, 0.15) is 16.1 Å². The Morgan fingerprint density at radius 2 is 2.18 bits per heavy atom. The number of hydrogen-bond acceptors (Lipinski definition) is 2. The Labute approximate surface area is 134 Å². The van der Waals surface area contributed by atoms with Gasteiger partial charge in [0.05, 0.1) is 5.52 Å². The number of aryl methyl sites for hydroxylation is 1. The maximum absolute atomic E-state index is 12.4. The van der Waals surface area contributed by atoms with Crippen LogP contribution in [0.15, 0.2) is 29.8 Å². The smallest absolute Gasteiger partial charge is 0.293 e. The highest BCUT2D eigenvalue weighted by Crippen LogP contribution is 2.19. The first-order chi connectivity index (χ1) is 10.5. The van der Waals surface area contributed by atoms with Gasteiger partial charge in [-0.1, -0.05) is 6.08 Å². The summed E-state index contributed by atoms with van der Waals surface area (Å²) in [5.74, 6) is -0.0828. The molecule has 1 aromatic heterocycles. The normalized spacial score (nSPS) is 20.0. The second-order valence-corrected chi connectivity index (χ2v) is 6.70. The monoisotopic (exact) mass is 331 g/mol. The number of amides is 1. The molecule has 4 nitrogen and oxygen atoms in total. The van der Waals surface area contributed by atoms with Crippen LogP contribution < -0.4 is 15.9 Å². The number of H-pyrrole nitrogens is 1. The van der Waals surface area contributed by atoms with Crippen LogP contribution in [-0.4, -0.2) is 29.7 Å². The Bertz CT molecular complexity index is 807. The molecule has 0 radical (unpaired) electrons. The SMILES string of the molecule is C=CC1CNCC1=NC(=O)c1cc2cc(C)c(P)c(P)c2[nH]1. The zero-order valence-electron chi connectivity index (χ0n) is 12.4. The summed E-state index contributed by atoms with van der Waals surface area (Å²) in [5.41, 5.74) is 3.52. The van der Waals surface area contributed by atoms with E-state index in [9.17, 15) is 4.79 Å². The van der Waals surface area contributed by atoms with Gasteiger partial charge in [0.1, 0.15) is 5.69 Å². The van der Waals surface area contributed by atoms with E-state index in [1.807, 2.05) is 12.1 Å². The van der Waals surface area contributed by atoms with E-state index in [1.165, 1.54) is 5.56 Å². The minimum absolute atomic E-state index is 0.145. The lowest BCUT2D eigenvalue weighted by molar-refractivity contribution is 0.0998. The highest BCUT2D eigenvalue weighted by molar-refractivity contribution is 7.36. The molecule has 2 aromatic rings. The number of fused-ring (bicyclic) bond motifs is 1. The summed E-state index contributed by atoms with van der Waals surface area (Å²) in [4.78, 5) is 19.9. The van der Waals surface area contributed by atoms with Crippen LogP contribution in [0.25, 0.3) is 10.9 Å². The van der Waals surface area contributed by atoms with Crippen molar-refractivity contribution in [3.8, 4) is 0 Å². The van der Waals surface area contributed by atoms with Crippen molar-refractivity contribution in [3.05, 3.63) is 36.0 Å². The number of nitrogens with zero attached hydrogens (tertiary/aromatic N) is 1. The van der Waals surface area contributed by atoms with Gasteiger partial charge < -0.3 is 10.3 Å². The minimum Gasteiger partial charge on any atom is -0.350 e. The van der Waals surface area contributed by atoms with Crippen molar-refractivity contribution in [3.63, 3.8) is 0 Å². The van der Waals surface area contributed by atoms with Crippen LogP contribution in [0, 0.1) is 12.8 Å². The summed E-state index contributed by atoms with van der Waals surface area (Å²) in [6.07, 6.45) is 1.84. The average Bonchev–Trinajstić information content (AvgIpc) is 3.11. The summed E-state index contributed by atoms with van der Waals surface area (Å²) in [6.45, 7) is 7.30. The number of aromatic amines is 1. The standard InChI is InChI=1S/C16H19N3OP2/c1-3-9-6-17-7-12(9)19-16(20)11-5-10-4-8(2)14(21)15(22)13(10)18-11/h3-5,9,17-18H,1,6-7,21-22H2,2H3. The third-order valence-electron chi connectivity index (χ3n) is 4.06. The van der Waals surface area contributed by atoms with Gasteiger partial charge >= 0.3 is 0 Å². The summed E-state index contributed by atoms with van der Waals surface area (Å²) < 4.78 is 0. The lowest BCUT2D eigenvalue weighted by atomic mass is 10.1. The minimum atomic E-state index is -0.228. The van der Waals surface area contributed by atoms with Gasteiger partial charge in [0.15, 0.2) is 0 Å². The van der Waals surface area contributed by atoms with Crippen LogP contribution in [0.2, 0.25) is 0 Å². The fraction of sp³-hybridized carbons (Fsp3) is 0.250. The lowest BCUT2D eigenvalue weighted by Crippen LogP contribution is -2.15. The third kappa shape index (κ3) is 2.67. The van der Waals surface area contributed by atoms with E-state index in [1.54, 1.807) is 0 Å². The Balaban J connectivity index is 2.00. The number of rotatable bonds is 2. The fourth-order valence-corrected chi connectivity index (χ4v) is 3.41. The van der Waals surface area contributed by atoms with Crippen LogP contribution in [0.3, 0.4) is 0 Å². The number of benzene rings is 1. The molecule has 1 aliphatic rings. The first-order valence-electron chi connectivity index (χ1n) is 7.13. The molecule has 3 rings (SSSR count). The van der Waals surface area contributed by atoms with Crippen LogP contribution in [0.4, 0.5) is 0 Å². The quantitative estimate of drug-likeness (QED) is 0.647. The van der Waals surface area contributed by atoms with Gasteiger partial charge in [-0.25, -0.2) is 4.99 Å². The summed E-state index contributed by atoms with van der Waals surface area (Å²) in [6, 6.07) is 3.95. The Morgan fingerprint density at radius 1 is 1.41 bits per heavy atom. The second-order valence-electron chi connectivity index (χ2n) is 5.55. The molecule has 114 valence electrons. The highest BCUT2D eigenvalue weighted by atomic mass is 31.0. The van der Waals surface area contributed by atoms with E-state index in [4.69, 9.17) is 0 Å². The molecular weight excluding hydrogens is 312 g/mol. The first kappa shape index (κ1) is 15.6. The van der Waals surface area contributed by atoms with Gasteiger partial charge in [-0.2, -0.15) is 0 Å². The number of aromatic nitrogens is 1. The molecule has 0 saturated carbocycles. The number of nitrogens with one attached hydrogen (secondary N) is 2. The Morgan fingerprint density at radius 3 is 2.91 bits per heavy atom. The summed E-state index contributed by atoms with van der Waals surface area (Å²) in [7, 11) is 5.47. The maximum Gasteiger partial charge on any atom is 0.293 e. The fourth-order valence-electron chi connectivity index (χ4n) is 2.72. The summed E-state index contributed by atoms with van der Waals surface area (Å²) in [5, 5.41) is 6.44. The molecule has 6 heteroatoms. The van der Waals surface area contributed by atoms with Gasteiger partial charge in [0, 0.05) is 35.4 Å². The zero-order valence-corrected chi connectivity index (χ0v) is 14.8. The van der Waals surface area contributed by atoms with Gasteiger partial charge in [0.25, 0.3) is 5.91 Å². The van der Waals surface area contributed by atoms with Crippen molar-refractivity contribution < 1.29 is 4.79 Å².